The van der Waals surface area contributed by atoms with Gasteiger partial charge in [0.2, 0.25) is 0 Å². The molecule has 0 spiro atoms. The predicted molar refractivity (Wildman–Crippen MR) is 160 cm³/mol. The molecule has 3 aromatic heterocycles. The molecular weight excluding hydrogens is 523 g/mol. The van der Waals surface area contributed by atoms with Crippen LogP contribution in [0.5, 0.6) is 0 Å². The molecule has 40 heavy (non-hydrogen) atoms. The van der Waals surface area contributed by atoms with E-state index in [1.807, 2.05) is 62.4 Å². The zero-order valence-corrected chi connectivity index (χ0v) is 23.5. The van der Waals surface area contributed by atoms with E-state index >= 15 is 0 Å². The van der Waals surface area contributed by atoms with Gasteiger partial charge >= 0.3 is 0 Å². The third-order valence-electron chi connectivity index (χ3n) is 7.22. The van der Waals surface area contributed by atoms with Gasteiger partial charge in [0.15, 0.2) is 11.0 Å². The molecule has 5 aromatic rings. The first-order valence-corrected chi connectivity index (χ1v) is 13.6. The van der Waals surface area contributed by atoms with Crippen molar-refractivity contribution in [1.29, 1.82) is 0 Å². The van der Waals surface area contributed by atoms with E-state index in [4.69, 9.17) is 25.4 Å². The van der Waals surface area contributed by atoms with Gasteiger partial charge in [0.05, 0.1) is 16.9 Å². The fraction of sp³-hybridized carbons (Fsp3) is 0.147. The Labute approximate surface area is 236 Å². The molecule has 0 aliphatic carbocycles. The molecule has 0 bridgehead atoms. The van der Waals surface area contributed by atoms with Gasteiger partial charge in [0.25, 0.3) is 0 Å². The Hall–Kier alpha value is -4.35. The predicted octanol–water partition coefficient (Wildman–Crippen LogP) is 8.75. The number of fused-ring (bicyclic) bond motifs is 2. The van der Waals surface area contributed by atoms with Gasteiger partial charge in [-0.15, -0.1) is 0 Å². The lowest BCUT2D eigenvalue weighted by Crippen LogP contribution is -2.14. The number of hydrogen-bond donors (Lipinski definition) is 1. The number of allylic oxidation sites excluding steroid dienone is 5. The highest BCUT2D eigenvalue weighted by Crippen LogP contribution is 2.38. The van der Waals surface area contributed by atoms with Crippen molar-refractivity contribution in [1.82, 2.24) is 4.98 Å². The Balaban J connectivity index is 1.49. The van der Waals surface area contributed by atoms with E-state index in [1.165, 1.54) is 17.7 Å². The number of aryl methyl sites for hydroxylation is 1. The molecule has 200 valence electrons. The minimum atomic E-state index is -0.315. The normalized spacial score (nSPS) is 14.8. The molecule has 4 heterocycles. The smallest absolute Gasteiger partial charge is 0.155 e. The van der Waals surface area contributed by atoms with Crippen molar-refractivity contribution >= 4 is 39.9 Å². The molecule has 6 heteroatoms. The monoisotopic (exact) mass is 550 g/mol. The molecule has 0 radical (unpaired) electrons. The molecule has 0 saturated carbocycles. The Morgan fingerprint density at radius 3 is 2.60 bits per heavy atom. The van der Waals surface area contributed by atoms with Gasteiger partial charge in [-0.2, -0.15) is 0 Å². The summed E-state index contributed by atoms with van der Waals surface area (Å²) >= 11 is 6.78. The SMILES string of the molecule is C/C=C(\C=C(/C)CC)c1cc2[nH]c(C(=C3C=c4oc(-c5cccc(F)c5)cc4=N3)c3c(C)cccc3Cl)cc2o1. The third kappa shape index (κ3) is 4.67. The Morgan fingerprint density at radius 2 is 1.90 bits per heavy atom. The van der Waals surface area contributed by atoms with Gasteiger partial charge in [-0.1, -0.05) is 60.5 Å². The van der Waals surface area contributed by atoms with Crippen molar-refractivity contribution in [3.63, 3.8) is 0 Å². The van der Waals surface area contributed by atoms with Crippen LogP contribution in [0.3, 0.4) is 0 Å². The van der Waals surface area contributed by atoms with E-state index in [2.05, 4.69) is 31.0 Å². The summed E-state index contributed by atoms with van der Waals surface area (Å²) in [7, 11) is 0. The third-order valence-corrected chi connectivity index (χ3v) is 7.53. The maximum Gasteiger partial charge on any atom is 0.155 e. The summed E-state index contributed by atoms with van der Waals surface area (Å²) in [6.45, 7) is 8.30. The summed E-state index contributed by atoms with van der Waals surface area (Å²) in [5.41, 5.74) is 9.55. The minimum absolute atomic E-state index is 0.315. The number of furan rings is 2. The number of rotatable bonds is 6. The Morgan fingerprint density at radius 1 is 1.07 bits per heavy atom. The maximum absolute atomic E-state index is 13.8. The van der Waals surface area contributed by atoms with Crippen LogP contribution < -0.4 is 10.8 Å². The molecule has 6 rings (SSSR count). The van der Waals surface area contributed by atoms with Gasteiger partial charge in [-0.05, 0) is 51.0 Å². The van der Waals surface area contributed by atoms with Crippen LogP contribution in [-0.2, 0) is 0 Å². The highest BCUT2D eigenvalue weighted by Gasteiger charge is 2.22. The van der Waals surface area contributed by atoms with Crippen LogP contribution in [0.1, 0.15) is 49.8 Å². The first-order chi connectivity index (χ1) is 19.3. The molecule has 2 aromatic carbocycles. The van der Waals surface area contributed by atoms with Crippen LogP contribution in [0.2, 0.25) is 5.02 Å². The maximum atomic E-state index is 13.8. The number of aromatic amines is 1. The summed E-state index contributed by atoms with van der Waals surface area (Å²) in [5, 5.41) is 1.31. The van der Waals surface area contributed by atoms with Crippen molar-refractivity contribution in [2.75, 3.05) is 0 Å². The number of nitrogens with one attached hydrogen (secondary N) is 1. The molecule has 0 fully saturated rings. The highest BCUT2D eigenvalue weighted by atomic mass is 35.5. The lowest BCUT2D eigenvalue weighted by Gasteiger charge is -2.13. The molecule has 0 saturated heterocycles. The highest BCUT2D eigenvalue weighted by molar-refractivity contribution is 6.32. The fourth-order valence-corrected chi connectivity index (χ4v) is 5.31. The number of halogens is 2. The average molecular weight is 551 g/mol. The summed E-state index contributed by atoms with van der Waals surface area (Å²) in [6, 6.07) is 18.0. The van der Waals surface area contributed by atoms with Crippen molar-refractivity contribution in [2.24, 2.45) is 4.99 Å². The van der Waals surface area contributed by atoms with Gasteiger partial charge in [-0.25, -0.2) is 9.38 Å². The molecule has 1 aliphatic rings. The van der Waals surface area contributed by atoms with Gasteiger partial charge in [-0.3, -0.25) is 0 Å². The lowest BCUT2D eigenvalue weighted by molar-refractivity contribution is 0.544. The molecule has 0 amide bonds. The summed E-state index contributed by atoms with van der Waals surface area (Å²) < 4.78 is 26.2. The van der Waals surface area contributed by atoms with Crippen molar-refractivity contribution < 1.29 is 13.2 Å². The summed E-state index contributed by atoms with van der Waals surface area (Å²) in [4.78, 5) is 8.47. The Bertz CT molecular complexity index is 1910. The van der Waals surface area contributed by atoms with Crippen LogP contribution in [0.25, 0.3) is 39.6 Å². The van der Waals surface area contributed by atoms with Crippen molar-refractivity contribution in [3.8, 4) is 11.3 Å². The van der Waals surface area contributed by atoms with E-state index < -0.39 is 0 Å². The molecule has 1 aliphatic heterocycles. The van der Waals surface area contributed by atoms with E-state index in [0.717, 1.165) is 56.9 Å². The van der Waals surface area contributed by atoms with Crippen LogP contribution in [0, 0.1) is 12.7 Å². The van der Waals surface area contributed by atoms with Crippen molar-refractivity contribution in [2.45, 2.75) is 34.1 Å². The largest absolute Gasteiger partial charge is 0.454 e. The van der Waals surface area contributed by atoms with Crippen molar-refractivity contribution in [3.05, 3.63) is 128 Å². The zero-order valence-electron chi connectivity index (χ0n) is 22.7. The van der Waals surface area contributed by atoms with E-state index in [1.54, 1.807) is 6.07 Å². The first kappa shape index (κ1) is 25.9. The van der Waals surface area contributed by atoms with Crippen LogP contribution in [0.15, 0.2) is 97.9 Å². The Kier molecular flexibility index (Phi) is 6.68. The molecular formula is C34H28ClFN2O2. The van der Waals surface area contributed by atoms with Crippen LogP contribution in [0.4, 0.5) is 4.39 Å². The second-order valence-electron chi connectivity index (χ2n) is 9.98. The van der Waals surface area contributed by atoms with Gasteiger partial charge < -0.3 is 13.8 Å². The molecule has 0 atom stereocenters. The van der Waals surface area contributed by atoms with Crippen LogP contribution >= 0.6 is 11.6 Å². The number of hydrogen-bond acceptors (Lipinski definition) is 3. The minimum Gasteiger partial charge on any atom is -0.454 e. The second kappa shape index (κ2) is 10.3. The molecule has 4 nitrogen and oxygen atoms in total. The fourth-order valence-electron chi connectivity index (χ4n) is 5.00. The summed E-state index contributed by atoms with van der Waals surface area (Å²) in [5.74, 6) is 1.06. The van der Waals surface area contributed by atoms with Crippen LogP contribution in [-0.4, -0.2) is 4.98 Å². The molecule has 1 N–H and O–H groups in total. The van der Waals surface area contributed by atoms with Gasteiger partial charge in [0, 0.05) is 51.6 Å². The quantitative estimate of drug-likeness (QED) is 0.215. The number of nitrogens with zero attached hydrogens (tertiary/aromatic N) is 1. The standard InChI is InChI=1S/C34H28ClFN2O2/c1-5-19(3)13-21(6-2)29-15-25-31(39-29)17-27(37-25)34(33-20(4)9-7-12-24(33)35)28-18-32-26(38-28)16-30(40-32)22-10-8-11-23(36)14-22/h6-18,37H,5H2,1-4H3/b19-13+,21-6+,34-28?. The number of H-pyrrole nitrogens is 1. The zero-order chi connectivity index (χ0) is 28.0. The van der Waals surface area contributed by atoms with E-state index in [0.29, 0.717) is 27.1 Å². The topological polar surface area (TPSA) is 54.4 Å². The first-order valence-electron chi connectivity index (χ1n) is 13.3. The average Bonchev–Trinajstić information content (AvgIpc) is 3.69. The lowest BCUT2D eigenvalue weighted by atomic mass is 9.96. The number of aromatic nitrogens is 1. The second-order valence-corrected chi connectivity index (χ2v) is 10.4. The molecule has 0 unspecified atom stereocenters. The van der Waals surface area contributed by atoms with Gasteiger partial charge in [0.1, 0.15) is 22.7 Å². The number of benzene rings is 2. The van der Waals surface area contributed by atoms with E-state index in [-0.39, 0.29) is 5.82 Å². The van der Waals surface area contributed by atoms with E-state index in [9.17, 15) is 4.39 Å². The summed E-state index contributed by atoms with van der Waals surface area (Å²) in [6.07, 6.45) is 7.10.